The van der Waals surface area contributed by atoms with Gasteiger partial charge in [0.2, 0.25) is 0 Å². The van der Waals surface area contributed by atoms with Gasteiger partial charge in [0.1, 0.15) is 19.0 Å². The SMILES string of the molecule is CCCCCCCCc1cnc(-c2ccc(OC[C@@H](F)COCC(F)(F)F)cc2)nc1. The summed E-state index contributed by atoms with van der Waals surface area (Å²) in [5, 5.41) is 0. The summed E-state index contributed by atoms with van der Waals surface area (Å²) in [5.74, 6) is 0.990. The van der Waals surface area contributed by atoms with Crippen LogP contribution < -0.4 is 4.74 Å². The number of alkyl halides is 4. The van der Waals surface area contributed by atoms with Gasteiger partial charge in [-0.15, -0.1) is 0 Å². The molecule has 0 fully saturated rings. The number of ether oxygens (including phenoxy) is 2. The van der Waals surface area contributed by atoms with Gasteiger partial charge in [-0.05, 0) is 42.7 Å². The van der Waals surface area contributed by atoms with E-state index in [9.17, 15) is 17.6 Å². The van der Waals surface area contributed by atoms with Crippen molar-refractivity contribution in [2.45, 2.75) is 64.2 Å². The zero-order valence-electron chi connectivity index (χ0n) is 17.8. The number of nitrogens with zero attached hydrogens (tertiary/aromatic N) is 2. The third-order valence-corrected chi connectivity index (χ3v) is 4.63. The Morgan fingerprint density at radius 3 is 2.19 bits per heavy atom. The standard InChI is InChI=1S/C23H30F4N2O2/c1-2-3-4-5-6-7-8-18-13-28-22(29-14-18)19-9-11-21(12-10-19)31-16-20(24)15-30-17-23(25,26)27/h9-14,20H,2-8,15-17H2,1H3/t20-/m0/s1. The van der Waals surface area contributed by atoms with Crippen molar-refractivity contribution in [3.8, 4) is 17.1 Å². The van der Waals surface area contributed by atoms with Crippen LogP contribution in [0.15, 0.2) is 36.7 Å². The van der Waals surface area contributed by atoms with E-state index in [0.29, 0.717) is 11.6 Å². The first-order valence-electron chi connectivity index (χ1n) is 10.7. The fourth-order valence-corrected chi connectivity index (χ4v) is 2.98. The molecule has 1 atom stereocenters. The van der Waals surface area contributed by atoms with Gasteiger partial charge in [0, 0.05) is 18.0 Å². The second-order valence-corrected chi connectivity index (χ2v) is 7.50. The highest BCUT2D eigenvalue weighted by Crippen LogP contribution is 2.20. The van der Waals surface area contributed by atoms with Crippen molar-refractivity contribution in [2.75, 3.05) is 19.8 Å². The van der Waals surface area contributed by atoms with Crippen molar-refractivity contribution in [3.05, 3.63) is 42.2 Å². The van der Waals surface area contributed by atoms with E-state index in [1.165, 1.54) is 32.1 Å². The molecule has 2 aromatic rings. The van der Waals surface area contributed by atoms with Crippen LogP contribution in [-0.2, 0) is 11.2 Å². The second-order valence-electron chi connectivity index (χ2n) is 7.50. The highest BCUT2D eigenvalue weighted by atomic mass is 19.4. The maximum Gasteiger partial charge on any atom is 0.411 e. The third kappa shape index (κ3) is 10.6. The van der Waals surface area contributed by atoms with Crippen molar-refractivity contribution in [1.29, 1.82) is 0 Å². The van der Waals surface area contributed by atoms with Crippen LogP contribution in [0.3, 0.4) is 0 Å². The molecule has 0 aliphatic carbocycles. The Morgan fingerprint density at radius 2 is 1.55 bits per heavy atom. The van der Waals surface area contributed by atoms with Crippen LogP contribution in [0, 0.1) is 0 Å². The molecule has 172 valence electrons. The monoisotopic (exact) mass is 442 g/mol. The number of hydrogen-bond acceptors (Lipinski definition) is 4. The van der Waals surface area contributed by atoms with Crippen molar-refractivity contribution >= 4 is 0 Å². The molecule has 8 heteroatoms. The molecule has 4 nitrogen and oxygen atoms in total. The molecule has 0 amide bonds. The lowest BCUT2D eigenvalue weighted by Gasteiger charge is -2.12. The molecule has 0 unspecified atom stereocenters. The minimum absolute atomic E-state index is 0.388. The van der Waals surface area contributed by atoms with Gasteiger partial charge in [0.05, 0.1) is 6.61 Å². The van der Waals surface area contributed by atoms with Gasteiger partial charge >= 0.3 is 6.18 Å². The number of aromatic nitrogens is 2. The van der Waals surface area contributed by atoms with Gasteiger partial charge in [0.25, 0.3) is 0 Å². The third-order valence-electron chi connectivity index (χ3n) is 4.63. The van der Waals surface area contributed by atoms with E-state index in [-0.39, 0.29) is 6.61 Å². The first-order chi connectivity index (χ1) is 14.9. The summed E-state index contributed by atoms with van der Waals surface area (Å²) in [5.41, 5.74) is 1.91. The van der Waals surface area contributed by atoms with Crippen molar-refractivity contribution < 1.29 is 27.0 Å². The highest BCUT2D eigenvalue weighted by Gasteiger charge is 2.28. The normalized spacial score (nSPS) is 12.7. The number of rotatable bonds is 14. The predicted octanol–water partition coefficient (Wildman–Crippen LogP) is 6.34. The molecule has 1 heterocycles. The number of hydrogen-bond donors (Lipinski definition) is 0. The van der Waals surface area contributed by atoms with Crippen molar-refractivity contribution in [2.24, 2.45) is 0 Å². The van der Waals surface area contributed by atoms with Crippen LogP contribution in [0.2, 0.25) is 0 Å². The molecule has 0 aliphatic heterocycles. The van der Waals surface area contributed by atoms with Crippen LogP contribution in [0.5, 0.6) is 5.75 Å². The molecule has 0 N–H and O–H groups in total. The van der Waals surface area contributed by atoms with Crippen LogP contribution in [0.1, 0.15) is 51.0 Å². The Hall–Kier alpha value is -2.22. The zero-order valence-corrected chi connectivity index (χ0v) is 17.8. The Kier molecular flexibility index (Phi) is 10.7. The van der Waals surface area contributed by atoms with E-state index in [2.05, 4.69) is 21.6 Å². The minimum atomic E-state index is -4.47. The van der Waals surface area contributed by atoms with E-state index in [4.69, 9.17) is 4.74 Å². The molecule has 0 radical (unpaired) electrons. The topological polar surface area (TPSA) is 44.2 Å². The van der Waals surface area contributed by atoms with Crippen molar-refractivity contribution in [1.82, 2.24) is 9.97 Å². The van der Waals surface area contributed by atoms with E-state index >= 15 is 0 Å². The molecule has 0 saturated heterocycles. The summed E-state index contributed by atoms with van der Waals surface area (Å²) in [7, 11) is 0. The fraction of sp³-hybridized carbons (Fsp3) is 0.565. The van der Waals surface area contributed by atoms with Gasteiger partial charge in [0.15, 0.2) is 12.0 Å². The number of benzene rings is 1. The predicted molar refractivity (Wildman–Crippen MR) is 112 cm³/mol. The number of aryl methyl sites for hydroxylation is 1. The highest BCUT2D eigenvalue weighted by molar-refractivity contribution is 5.55. The molecular formula is C23H30F4N2O2. The smallest absolute Gasteiger partial charge is 0.411 e. The van der Waals surface area contributed by atoms with Gasteiger partial charge in [-0.3, -0.25) is 0 Å². The maximum absolute atomic E-state index is 13.6. The van der Waals surface area contributed by atoms with Gasteiger partial charge in [-0.25, -0.2) is 14.4 Å². The van der Waals surface area contributed by atoms with Crippen LogP contribution in [0.4, 0.5) is 17.6 Å². The molecule has 0 aliphatic rings. The average Bonchev–Trinajstić information content (AvgIpc) is 2.75. The zero-order chi connectivity index (χ0) is 22.5. The summed E-state index contributed by atoms with van der Waals surface area (Å²) in [6.45, 7) is -0.321. The Balaban J connectivity index is 1.73. The van der Waals surface area contributed by atoms with E-state index in [1.807, 2.05) is 12.4 Å². The molecule has 0 spiro atoms. The van der Waals surface area contributed by atoms with Crippen molar-refractivity contribution in [3.63, 3.8) is 0 Å². The second kappa shape index (κ2) is 13.2. The van der Waals surface area contributed by atoms with Crippen LogP contribution in [0.25, 0.3) is 11.4 Å². The summed E-state index contributed by atoms with van der Waals surface area (Å²) < 4.78 is 59.0. The molecular weight excluding hydrogens is 412 g/mol. The lowest BCUT2D eigenvalue weighted by atomic mass is 10.1. The lowest BCUT2D eigenvalue weighted by molar-refractivity contribution is -0.177. The lowest BCUT2D eigenvalue weighted by Crippen LogP contribution is -2.24. The van der Waals surface area contributed by atoms with E-state index < -0.39 is 25.6 Å². The molecule has 2 rings (SSSR count). The van der Waals surface area contributed by atoms with E-state index in [0.717, 1.165) is 24.0 Å². The first-order valence-corrected chi connectivity index (χ1v) is 10.7. The molecule has 1 aromatic heterocycles. The molecule has 1 aromatic carbocycles. The molecule has 31 heavy (non-hydrogen) atoms. The first kappa shape index (κ1) is 25.0. The summed E-state index contributed by atoms with van der Waals surface area (Å²) >= 11 is 0. The largest absolute Gasteiger partial charge is 0.490 e. The van der Waals surface area contributed by atoms with Crippen LogP contribution in [-0.4, -0.2) is 42.1 Å². The van der Waals surface area contributed by atoms with E-state index in [1.54, 1.807) is 24.3 Å². The fourth-order valence-electron chi connectivity index (χ4n) is 2.98. The summed E-state index contributed by atoms with van der Waals surface area (Å²) in [6, 6.07) is 6.80. The van der Waals surface area contributed by atoms with Gasteiger partial charge < -0.3 is 9.47 Å². The molecule has 0 saturated carbocycles. The Labute approximate surface area is 181 Å². The Bertz CT molecular complexity index is 737. The van der Waals surface area contributed by atoms with Gasteiger partial charge in [-0.2, -0.15) is 13.2 Å². The number of halogens is 4. The van der Waals surface area contributed by atoms with Gasteiger partial charge in [-0.1, -0.05) is 39.0 Å². The minimum Gasteiger partial charge on any atom is -0.490 e. The Morgan fingerprint density at radius 1 is 0.903 bits per heavy atom. The quantitative estimate of drug-likeness (QED) is 0.253. The van der Waals surface area contributed by atoms with Crippen LogP contribution >= 0.6 is 0 Å². The number of unbranched alkanes of at least 4 members (excludes halogenated alkanes) is 5. The maximum atomic E-state index is 13.6. The summed E-state index contributed by atoms with van der Waals surface area (Å²) in [6.07, 6.45) is 6.00. The average molecular weight is 442 g/mol. The molecule has 0 bridgehead atoms. The summed E-state index contributed by atoms with van der Waals surface area (Å²) in [4.78, 5) is 8.83.